The molecule has 0 spiro atoms. The Morgan fingerprint density at radius 1 is 1.11 bits per heavy atom. The summed E-state index contributed by atoms with van der Waals surface area (Å²) < 4.78 is 40.9. The fraction of sp³-hybridized carbons (Fsp3) is 0.115. The Hall–Kier alpha value is -4.42. The van der Waals surface area contributed by atoms with Gasteiger partial charge in [-0.25, -0.2) is 8.42 Å². The van der Waals surface area contributed by atoms with Crippen molar-refractivity contribution >= 4 is 21.5 Å². The van der Waals surface area contributed by atoms with Crippen LogP contribution in [0.3, 0.4) is 0 Å². The van der Waals surface area contributed by atoms with Crippen molar-refractivity contribution in [2.45, 2.75) is 12.5 Å². The smallest absolute Gasteiger partial charge is 0.265 e. The maximum absolute atomic E-state index is 14.2. The molecule has 2 aliphatic heterocycles. The van der Waals surface area contributed by atoms with Crippen LogP contribution in [0.4, 0.5) is 5.69 Å². The molecule has 176 valence electrons. The van der Waals surface area contributed by atoms with Gasteiger partial charge in [0.15, 0.2) is 5.76 Å². The van der Waals surface area contributed by atoms with Crippen molar-refractivity contribution in [2.24, 2.45) is 5.73 Å². The van der Waals surface area contributed by atoms with Crippen molar-refractivity contribution in [1.29, 1.82) is 5.26 Å². The van der Waals surface area contributed by atoms with Crippen molar-refractivity contribution in [3.63, 3.8) is 0 Å². The maximum Gasteiger partial charge on any atom is 0.265 e. The molecule has 0 aromatic heterocycles. The van der Waals surface area contributed by atoms with Gasteiger partial charge in [0.2, 0.25) is 5.88 Å². The summed E-state index contributed by atoms with van der Waals surface area (Å²) in [4.78, 5) is -0.101. The molecule has 0 saturated carbocycles. The third kappa shape index (κ3) is 3.64. The van der Waals surface area contributed by atoms with E-state index in [0.717, 1.165) is 0 Å². The zero-order valence-electron chi connectivity index (χ0n) is 18.7. The highest BCUT2D eigenvalue weighted by atomic mass is 32.2. The summed E-state index contributed by atoms with van der Waals surface area (Å²) >= 11 is 0. The number of nitriles is 1. The Morgan fingerprint density at radius 2 is 1.89 bits per heavy atom. The number of hydrogen-bond acceptors (Lipinski definition) is 7. The lowest BCUT2D eigenvalue weighted by molar-refractivity contribution is 0.357. The molecule has 0 amide bonds. The number of phenolic OH excluding ortho intramolecular Hbond substituents is 1. The van der Waals surface area contributed by atoms with Crippen molar-refractivity contribution in [3.8, 4) is 17.6 Å². The van der Waals surface area contributed by atoms with Crippen LogP contribution in [0.1, 0.15) is 22.6 Å². The molecule has 5 rings (SSSR count). The van der Waals surface area contributed by atoms with Crippen molar-refractivity contribution in [3.05, 3.63) is 106 Å². The minimum atomic E-state index is -4.21. The standard InChI is InChI=1S/C26H21N3O5S/c1-33-19-9-4-6-16(12-19)15-29-22-11-3-2-10-20(22)24-25(35(29,31)32)23(21(14-27)26(28)34-24)17-7-5-8-18(30)13-17/h2-13,23,30H,15,28H2,1H3. The second kappa shape index (κ2) is 8.42. The molecular weight excluding hydrogens is 466 g/mol. The van der Waals surface area contributed by atoms with E-state index in [4.69, 9.17) is 15.2 Å². The quantitative estimate of drug-likeness (QED) is 0.571. The first-order valence-corrected chi connectivity index (χ1v) is 12.1. The molecule has 3 N–H and O–H groups in total. The highest BCUT2D eigenvalue weighted by molar-refractivity contribution is 7.96. The van der Waals surface area contributed by atoms with Crippen LogP contribution in [0, 0.1) is 11.3 Å². The van der Waals surface area contributed by atoms with E-state index in [1.807, 2.05) is 12.1 Å². The number of nitrogens with zero attached hydrogens (tertiary/aromatic N) is 2. The highest BCUT2D eigenvalue weighted by Gasteiger charge is 2.47. The molecule has 1 unspecified atom stereocenters. The number of rotatable bonds is 4. The Balaban J connectivity index is 1.75. The molecule has 0 bridgehead atoms. The molecule has 2 aliphatic rings. The maximum atomic E-state index is 14.2. The number of anilines is 1. The van der Waals surface area contributed by atoms with E-state index in [0.29, 0.717) is 28.1 Å². The average Bonchev–Trinajstić information content (AvgIpc) is 2.86. The van der Waals surface area contributed by atoms with Gasteiger partial charge in [0, 0.05) is 5.56 Å². The number of sulfonamides is 1. The van der Waals surface area contributed by atoms with Crippen LogP contribution in [-0.2, 0) is 21.3 Å². The molecule has 8 nitrogen and oxygen atoms in total. The van der Waals surface area contributed by atoms with Crippen LogP contribution in [0.5, 0.6) is 11.5 Å². The Labute approximate surface area is 202 Å². The van der Waals surface area contributed by atoms with Crippen LogP contribution in [-0.4, -0.2) is 20.6 Å². The molecule has 2 heterocycles. The summed E-state index contributed by atoms with van der Waals surface area (Å²) in [6.07, 6.45) is 0. The van der Waals surface area contributed by atoms with Gasteiger partial charge in [-0.15, -0.1) is 0 Å². The van der Waals surface area contributed by atoms with Crippen LogP contribution in [0.25, 0.3) is 5.76 Å². The number of aromatic hydroxyl groups is 1. The topological polar surface area (TPSA) is 126 Å². The zero-order chi connectivity index (χ0) is 24.7. The first kappa shape index (κ1) is 22.4. The molecule has 9 heteroatoms. The number of para-hydroxylation sites is 1. The van der Waals surface area contributed by atoms with Gasteiger partial charge < -0.3 is 20.3 Å². The number of hydrogen-bond donors (Lipinski definition) is 2. The fourth-order valence-corrected chi connectivity index (χ4v) is 6.37. The largest absolute Gasteiger partial charge is 0.508 e. The zero-order valence-corrected chi connectivity index (χ0v) is 19.5. The van der Waals surface area contributed by atoms with Gasteiger partial charge in [-0.1, -0.05) is 36.4 Å². The van der Waals surface area contributed by atoms with E-state index in [1.165, 1.54) is 16.4 Å². The van der Waals surface area contributed by atoms with E-state index in [-0.39, 0.29) is 34.4 Å². The molecule has 0 fully saturated rings. The number of methoxy groups -OCH3 is 1. The summed E-state index contributed by atoms with van der Waals surface area (Å²) in [6, 6.07) is 22.3. The van der Waals surface area contributed by atoms with E-state index < -0.39 is 15.9 Å². The molecule has 35 heavy (non-hydrogen) atoms. The van der Waals surface area contributed by atoms with Gasteiger partial charge in [0.25, 0.3) is 10.0 Å². The van der Waals surface area contributed by atoms with E-state index in [1.54, 1.807) is 61.7 Å². The molecule has 3 aromatic carbocycles. The predicted octanol–water partition coefficient (Wildman–Crippen LogP) is 3.93. The second-order valence-corrected chi connectivity index (χ2v) is 9.92. The molecular formula is C26H21N3O5S. The van der Waals surface area contributed by atoms with E-state index in [9.17, 15) is 18.8 Å². The third-order valence-electron chi connectivity index (χ3n) is 6.02. The van der Waals surface area contributed by atoms with Crippen LogP contribution in [0.15, 0.2) is 89.2 Å². The minimum absolute atomic E-state index is 0.0289. The lowest BCUT2D eigenvalue weighted by Crippen LogP contribution is -2.39. The Bertz CT molecular complexity index is 1550. The van der Waals surface area contributed by atoms with Crippen LogP contribution >= 0.6 is 0 Å². The highest BCUT2D eigenvalue weighted by Crippen LogP contribution is 2.51. The molecule has 3 aromatic rings. The fourth-order valence-electron chi connectivity index (χ4n) is 4.45. The molecule has 0 aliphatic carbocycles. The molecule has 0 radical (unpaired) electrons. The first-order chi connectivity index (χ1) is 16.8. The van der Waals surface area contributed by atoms with E-state index in [2.05, 4.69) is 0 Å². The van der Waals surface area contributed by atoms with Crippen molar-refractivity contribution in [1.82, 2.24) is 0 Å². The minimum Gasteiger partial charge on any atom is -0.508 e. The van der Waals surface area contributed by atoms with Gasteiger partial charge in [0.1, 0.15) is 28.0 Å². The number of fused-ring (bicyclic) bond motifs is 2. The first-order valence-electron chi connectivity index (χ1n) is 10.7. The average molecular weight is 488 g/mol. The summed E-state index contributed by atoms with van der Waals surface area (Å²) in [5, 5.41) is 20.0. The number of benzene rings is 3. The second-order valence-electron chi connectivity index (χ2n) is 8.09. The number of nitrogens with two attached hydrogens (primary N) is 1. The Kier molecular flexibility index (Phi) is 5.38. The third-order valence-corrected chi connectivity index (χ3v) is 7.90. The van der Waals surface area contributed by atoms with Gasteiger partial charge >= 0.3 is 0 Å². The SMILES string of the molecule is COc1cccc(CN2c3ccccc3C3=C(C(c4cccc(O)c4)C(C#N)=C(N)O3)S2(=O)=O)c1. The number of ether oxygens (including phenoxy) is 2. The summed E-state index contributed by atoms with van der Waals surface area (Å²) in [6.45, 7) is 0.0289. The summed E-state index contributed by atoms with van der Waals surface area (Å²) in [5.74, 6) is -0.611. The van der Waals surface area contributed by atoms with E-state index >= 15 is 0 Å². The number of allylic oxidation sites excluding steroid dienone is 2. The lowest BCUT2D eigenvalue weighted by atomic mass is 9.88. The lowest BCUT2D eigenvalue weighted by Gasteiger charge is -2.38. The van der Waals surface area contributed by atoms with Crippen LogP contribution in [0.2, 0.25) is 0 Å². The number of phenols is 1. The van der Waals surface area contributed by atoms with Crippen molar-refractivity contribution in [2.75, 3.05) is 11.4 Å². The van der Waals surface area contributed by atoms with Gasteiger partial charge in [0.05, 0.1) is 25.3 Å². The van der Waals surface area contributed by atoms with Gasteiger partial charge in [-0.2, -0.15) is 5.26 Å². The van der Waals surface area contributed by atoms with Crippen molar-refractivity contribution < 1.29 is 23.0 Å². The summed E-state index contributed by atoms with van der Waals surface area (Å²) in [5.41, 5.74) is 8.15. The van der Waals surface area contributed by atoms with Crippen LogP contribution < -0.4 is 14.8 Å². The molecule has 0 saturated heterocycles. The summed E-state index contributed by atoms with van der Waals surface area (Å²) in [7, 11) is -2.66. The normalized spacial score (nSPS) is 18.3. The predicted molar refractivity (Wildman–Crippen MR) is 130 cm³/mol. The molecule has 1 atom stereocenters. The Morgan fingerprint density at radius 3 is 2.63 bits per heavy atom. The van der Waals surface area contributed by atoms with Gasteiger partial charge in [-0.3, -0.25) is 4.31 Å². The monoisotopic (exact) mass is 487 g/mol. The van der Waals surface area contributed by atoms with Gasteiger partial charge in [-0.05, 0) is 47.5 Å².